The molecule has 0 spiro atoms. The van der Waals surface area contributed by atoms with Crippen LogP contribution >= 0.6 is 27.5 Å². The van der Waals surface area contributed by atoms with Crippen molar-refractivity contribution in [2.24, 2.45) is 0 Å². The number of nitrogens with one attached hydrogen (secondary N) is 1. The summed E-state index contributed by atoms with van der Waals surface area (Å²) >= 11 is 9.33. The van der Waals surface area contributed by atoms with Gasteiger partial charge in [0.25, 0.3) is 0 Å². The normalized spacial score (nSPS) is 20.2. The van der Waals surface area contributed by atoms with Gasteiger partial charge in [-0.05, 0) is 47.8 Å². The first kappa shape index (κ1) is 13.1. The molecule has 5 heteroatoms. The standard InChI is InChI=1S/C12H16BrClN2O/c13-9-7-11(14)12(16-8-9)17-6-4-10-3-1-2-5-15-10/h7-8,10,15H,1-6H2. The fourth-order valence-corrected chi connectivity index (χ4v) is 2.66. The lowest BCUT2D eigenvalue weighted by Gasteiger charge is -2.23. The molecule has 2 heterocycles. The lowest BCUT2D eigenvalue weighted by Crippen LogP contribution is -2.35. The Kier molecular flexibility index (Phi) is 5.07. The number of piperidine rings is 1. The minimum Gasteiger partial charge on any atom is -0.477 e. The maximum absolute atomic E-state index is 6.02. The zero-order valence-corrected chi connectivity index (χ0v) is 11.9. The summed E-state index contributed by atoms with van der Waals surface area (Å²) in [5, 5.41) is 4.04. The second-order valence-corrected chi connectivity index (χ2v) is 5.55. The molecule has 0 radical (unpaired) electrons. The maximum atomic E-state index is 6.02. The Bertz CT molecular complexity index is 370. The first-order valence-electron chi connectivity index (χ1n) is 5.93. The number of halogens is 2. The van der Waals surface area contributed by atoms with E-state index >= 15 is 0 Å². The Morgan fingerprint density at radius 2 is 2.41 bits per heavy atom. The highest BCUT2D eigenvalue weighted by Gasteiger charge is 2.12. The molecule has 1 aromatic heterocycles. The molecule has 1 atom stereocenters. The van der Waals surface area contributed by atoms with Crippen LogP contribution in [0, 0.1) is 0 Å². The van der Waals surface area contributed by atoms with Gasteiger partial charge in [0.2, 0.25) is 5.88 Å². The van der Waals surface area contributed by atoms with Gasteiger partial charge in [0, 0.05) is 16.7 Å². The molecule has 0 aliphatic carbocycles. The third-order valence-electron chi connectivity index (χ3n) is 2.89. The molecule has 0 saturated carbocycles. The predicted octanol–water partition coefficient (Wildman–Crippen LogP) is 3.41. The minimum atomic E-state index is 0.519. The van der Waals surface area contributed by atoms with E-state index in [0.717, 1.165) is 17.4 Å². The minimum absolute atomic E-state index is 0.519. The van der Waals surface area contributed by atoms with Crippen LogP contribution in [0.15, 0.2) is 16.7 Å². The number of aromatic nitrogens is 1. The molecule has 0 bridgehead atoms. The first-order valence-corrected chi connectivity index (χ1v) is 7.10. The van der Waals surface area contributed by atoms with Crippen LogP contribution < -0.4 is 10.1 Å². The molecule has 3 nitrogen and oxygen atoms in total. The molecule has 0 amide bonds. The SMILES string of the molecule is Clc1cc(Br)cnc1OCCC1CCCCN1. The van der Waals surface area contributed by atoms with E-state index in [1.54, 1.807) is 12.3 Å². The number of rotatable bonds is 4. The Morgan fingerprint density at radius 1 is 1.53 bits per heavy atom. The van der Waals surface area contributed by atoms with E-state index in [0.29, 0.717) is 23.6 Å². The summed E-state index contributed by atoms with van der Waals surface area (Å²) < 4.78 is 6.46. The molecular formula is C12H16BrClN2O. The highest BCUT2D eigenvalue weighted by molar-refractivity contribution is 9.10. The van der Waals surface area contributed by atoms with Crippen LogP contribution in [-0.4, -0.2) is 24.2 Å². The van der Waals surface area contributed by atoms with Crippen LogP contribution in [0.5, 0.6) is 5.88 Å². The molecule has 17 heavy (non-hydrogen) atoms. The van der Waals surface area contributed by atoms with Crippen LogP contribution in [0.2, 0.25) is 5.02 Å². The van der Waals surface area contributed by atoms with Crippen LogP contribution in [-0.2, 0) is 0 Å². The predicted molar refractivity (Wildman–Crippen MR) is 72.7 cm³/mol. The first-order chi connectivity index (χ1) is 8.25. The molecule has 2 rings (SSSR count). The fraction of sp³-hybridized carbons (Fsp3) is 0.583. The maximum Gasteiger partial charge on any atom is 0.232 e. The van der Waals surface area contributed by atoms with Gasteiger partial charge < -0.3 is 10.1 Å². The second-order valence-electron chi connectivity index (χ2n) is 4.22. The Hall–Kier alpha value is -0.320. The van der Waals surface area contributed by atoms with E-state index in [9.17, 15) is 0 Å². The van der Waals surface area contributed by atoms with E-state index in [-0.39, 0.29) is 0 Å². The van der Waals surface area contributed by atoms with Crippen molar-refractivity contribution in [3.05, 3.63) is 21.8 Å². The lowest BCUT2D eigenvalue weighted by atomic mass is 10.0. The van der Waals surface area contributed by atoms with Crippen LogP contribution in [0.1, 0.15) is 25.7 Å². The lowest BCUT2D eigenvalue weighted by molar-refractivity contribution is 0.261. The molecular weight excluding hydrogens is 304 g/mol. The molecule has 1 aromatic rings. The van der Waals surface area contributed by atoms with Gasteiger partial charge in [-0.3, -0.25) is 0 Å². The third-order valence-corrected chi connectivity index (χ3v) is 3.60. The summed E-state index contributed by atoms with van der Waals surface area (Å²) in [5.74, 6) is 0.519. The Balaban J connectivity index is 1.77. The van der Waals surface area contributed by atoms with Gasteiger partial charge in [-0.2, -0.15) is 0 Å². The third kappa shape index (κ3) is 4.12. The zero-order valence-electron chi connectivity index (χ0n) is 9.59. The number of hydrogen-bond acceptors (Lipinski definition) is 3. The van der Waals surface area contributed by atoms with Crippen molar-refractivity contribution in [3.8, 4) is 5.88 Å². The molecule has 1 fully saturated rings. The number of hydrogen-bond donors (Lipinski definition) is 1. The second kappa shape index (κ2) is 6.57. The molecule has 1 aliphatic heterocycles. The summed E-state index contributed by atoms with van der Waals surface area (Å²) in [6.45, 7) is 1.79. The average Bonchev–Trinajstić information content (AvgIpc) is 2.33. The smallest absolute Gasteiger partial charge is 0.232 e. The van der Waals surface area contributed by atoms with Crippen molar-refractivity contribution in [1.82, 2.24) is 10.3 Å². The van der Waals surface area contributed by atoms with Gasteiger partial charge in [0.05, 0.1) is 6.61 Å². The summed E-state index contributed by atoms with van der Waals surface area (Å²) in [7, 11) is 0. The summed E-state index contributed by atoms with van der Waals surface area (Å²) in [6, 6.07) is 2.38. The van der Waals surface area contributed by atoms with Crippen LogP contribution in [0.3, 0.4) is 0 Å². The van der Waals surface area contributed by atoms with E-state index in [1.165, 1.54) is 19.3 Å². The van der Waals surface area contributed by atoms with Crippen molar-refractivity contribution in [1.29, 1.82) is 0 Å². The molecule has 0 aromatic carbocycles. The van der Waals surface area contributed by atoms with E-state index in [1.807, 2.05) is 0 Å². The van der Waals surface area contributed by atoms with Gasteiger partial charge in [-0.25, -0.2) is 4.98 Å². The zero-order chi connectivity index (χ0) is 12.1. The fourth-order valence-electron chi connectivity index (χ4n) is 1.98. The van der Waals surface area contributed by atoms with Gasteiger partial charge in [-0.15, -0.1) is 0 Å². The number of nitrogens with zero attached hydrogens (tertiary/aromatic N) is 1. The molecule has 1 N–H and O–H groups in total. The van der Waals surface area contributed by atoms with E-state index in [4.69, 9.17) is 16.3 Å². The summed E-state index contributed by atoms with van der Waals surface area (Å²) in [5.41, 5.74) is 0. The highest BCUT2D eigenvalue weighted by atomic mass is 79.9. The molecule has 94 valence electrons. The largest absolute Gasteiger partial charge is 0.477 e. The summed E-state index contributed by atoms with van der Waals surface area (Å²) in [6.07, 6.45) is 6.55. The van der Waals surface area contributed by atoms with Crippen LogP contribution in [0.25, 0.3) is 0 Å². The van der Waals surface area contributed by atoms with Gasteiger partial charge >= 0.3 is 0 Å². The quantitative estimate of drug-likeness (QED) is 0.923. The van der Waals surface area contributed by atoms with Crippen LogP contribution in [0.4, 0.5) is 0 Å². The Morgan fingerprint density at radius 3 is 3.12 bits per heavy atom. The van der Waals surface area contributed by atoms with Crippen molar-refractivity contribution >= 4 is 27.5 Å². The molecule has 1 saturated heterocycles. The van der Waals surface area contributed by atoms with Crippen molar-refractivity contribution < 1.29 is 4.74 Å². The van der Waals surface area contributed by atoms with Crippen molar-refractivity contribution in [3.63, 3.8) is 0 Å². The van der Waals surface area contributed by atoms with Gasteiger partial charge in [0.15, 0.2) is 0 Å². The van der Waals surface area contributed by atoms with E-state index in [2.05, 4.69) is 26.2 Å². The van der Waals surface area contributed by atoms with Gasteiger partial charge in [-0.1, -0.05) is 18.0 Å². The summed E-state index contributed by atoms with van der Waals surface area (Å²) in [4.78, 5) is 4.14. The monoisotopic (exact) mass is 318 g/mol. The van der Waals surface area contributed by atoms with Gasteiger partial charge in [0.1, 0.15) is 5.02 Å². The van der Waals surface area contributed by atoms with Crippen molar-refractivity contribution in [2.45, 2.75) is 31.7 Å². The number of ether oxygens (including phenoxy) is 1. The average molecular weight is 320 g/mol. The molecule has 1 unspecified atom stereocenters. The molecule has 1 aliphatic rings. The Labute approximate surface area is 115 Å². The number of pyridine rings is 1. The van der Waals surface area contributed by atoms with E-state index < -0.39 is 0 Å². The highest BCUT2D eigenvalue weighted by Crippen LogP contribution is 2.25. The topological polar surface area (TPSA) is 34.1 Å². The van der Waals surface area contributed by atoms with Crippen molar-refractivity contribution in [2.75, 3.05) is 13.2 Å².